The van der Waals surface area contributed by atoms with Crippen molar-refractivity contribution in [2.24, 2.45) is 0 Å². The van der Waals surface area contributed by atoms with Crippen LogP contribution in [0.4, 0.5) is 0 Å². The molecule has 0 amide bonds. The van der Waals surface area contributed by atoms with Gasteiger partial charge < -0.3 is 5.11 Å². The summed E-state index contributed by atoms with van der Waals surface area (Å²) < 4.78 is 0. The molecule has 1 aromatic carbocycles. The van der Waals surface area contributed by atoms with E-state index < -0.39 is 5.97 Å². The SMILES string of the molecule is CCc1ccnc(-c2ccccc2C(=O)O)n1. The van der Waals surface area contributed by atoms with Gasteiger partial charge in [-0.25, -0.2) is 14.8 Å². The quantitative estimate of drug-likeness (QED) is 0.876. The molecule has 0 fully saturated rings. The average Bonchev–Trinajstić information content (AvgIpc) is 2.39. The van der Waals surface area contributed by atoms with E-state index in [1.165, 1.54) is 0 Å². The highest BCUT2D eigenvalue weighted by Gasteiger charge is 2.12. The van der Waals surface area contributed by atoms with Crippen LogP contribution >= 0.6 is 0 Å². The Hall–Kier alpha value is -2.23. The van der Waals surface area contributed by atoms with Crippen molar-refractivity contribution in [3.8, 4) is 11.4 Å². The van der Waals surface area contributed by atoms with Crippen molar-refractivity contribution >= 4 is 5.97 Å². The molecule has 0 aliphatic carbocycles. The first-order chi connectivity index (χ1) is 8.22. The lowest BCUT2D eigenvalue weighted by Crippen LogP contribution is -2.02. The Morgan fingerprint density at radius 3 is 2.76 bits per heavy atom. The third-order valence-electron chi connectivity index (χ3n) is 2.47. The zero-order valence-corrected chi connectivity index (χ0v) is 9.42. The molecular formula is C13H12N2O2. The standard InChI is InChI=1S/C13H12N2O2/c1-2-9-7-8-14-12(15-9)10-5-3-4-6-11(10)13(16)17/h3-8H,2H2,1H3,(H,16,17). The highest BCUT2D eigenvalue weighted by atomic mass is 16.4. The minimum atomic E-state index is -0.967. The molecule has 0 radical (unpaired) electrons. The summed E-state index contributed by atoms with van der Waals surface area (Å²) in [6, 6.07) is 8.57. The lowest BCUT2D eigenvalue weighted by Gasteiger charge is -2.05. The van der Waals surface area contributed by atoms with Crippen LogP contribution in [0.3, 0.4) is 0 Å². The second-order valence-corrected chi connectivity index (χ2v) is 3.58. The van der Waals surface area contributed by atoms with Gasteiger partial charge in [-0.1, -0.05) is 25.1 Å². The van der Waals surface area contributed by atoms with Crippen molar-refractivity contribution in [3.05, 3.63) is 47.8 Å². The maximum absolute atomic E-state index is 11.1. The topological polar surface area (TPSA) is 63.1 Å². The highest BCUT2D eigenvalue weighted by molar-refractivity contribution is 5.94. The minimum Gasteiger partial charge on any atom is -0.478 e. The number of hydrogen-bond acceptors (Lipinski definition) is 3. The molecule has 0 saturated carbocycles. The van der Waals surface area contributed by atoms with Crippen molar-refractivity contribution in [1.82, 2.24) is 9.97 Å². The molecule has 86 valence electrons. The monoisotopic (exact) mass is 228 g/mol. The average molecular weight is 228 g/mol. The van der Waals surface area contributed by atoms with Gasteiger partial charge in [0.1, 0.15) is 0 Å². The summed E-state index contributed by atoms with van der Waals surface area (Å²) in [5, 5.41) is 9.10. The molecule has 1 heterocycles. The predicted molar refractivity (Wildman–Crippen MR) is 63.8 cm³/mol. The third kappa shape index (κ3) is 2.30. The molecule has 4 nitrogen and oxygen atoms in total. The van der Waals surface area contributed by atoms with E-state index >= 15 is 0 Å². The molecule has 1 aromatic heterocycles. The molecule has 0 atom stereocenters. The zero-order chi connectivity index (χ0) is 12.3. The van der Waals surface area contributed by atoms with Crippen LogP contribution in [0.1, 0.15) is 23.0 Å². The van der Waals surface area contributed by atoms with E-state index in [4.69, 9.17) is 5.11 Å². The predicted octanol–water partition coefficient (Wildman–Crippen LogP) is 2.40. The van der Waals surface area contributed by atoms with E-state index in [0.717, 1.165) is 12.1 Å². The summed E-state index contributed by atoms with van der Waals surface area (Å²) in [5.74, 6) is -0.506. The molecule has 0 spiro atoms. The van der Waals surface area contributed by atoms with Gasteiger partial charge in [0.05, 0.1) is 5.56 Å². The Morgan fingerprint density at radius 1 is 1.29 bits per heavy atom. The van der Waals surface area contributed by atoms with Gasteiger partial charge in [-0.3, -0.25) is 0 Å². The number of carboxylic acid groups (broad SMARTS) is 1. The number of aryl methyl sites for hydroxylation is 1. The fourth-order valence-corrected chi connectivity index (χ4v) is 1.59. The molecule has 1 N–H and O–H groups in total. The maximum atomic E-state index is 11.1. The van der Waals surface area contributed by atoms with E-state index in [1.807, 2.05) is 13.0 Å². The van der Waals surface area contributed by atoms with Gasteiger partial charge in [-0.2, -0.15) is 0 Å². The number of aromatic nitrogens is 2. The highest BCUT2D eigenvalue weighted by Crippen LogP contribution is 2.20. The molecule has 17 heavy (non-hydrogen) atoms. The van der Waals surface area contributed by atoms with Crippen LogP contribution in [0, 0.1) is 0 Å². The van der Waals surface area contributed by atoms with Crippen LogP contribution in [0.25, 0.3) is 11.4 Å². The normalized spacial score (nSPS) is 10.2. The second-order valence-electron chi connectivity index (χ2n) is 3.58. The Bertz CT molecular complexity index is 553. The summed E-state index contributed by atoms with van der Waals surface area (Å²) in [6.07, 6.45) is 2.45. The van der Waals surface area contributed by atoms with E-state index in [9.17, 15) is 4.79 Å². The van der Waals surface area contributed by atoms with Gasteiger partial charge in [-0.05, 0) is 18.6 Å². The largest absolute Gasteiger partial charge is 0.478 e. The van der Waals surface area contributed by atoms with Crippen molar-refractivity contribution in [2.45, 2.75) is 13.3 Å². The van der Waals surface area contributed by atoms with Crippen molar-refractivity contribution in [3.63, 3.8) is 0 Å². The van der Waals surface area contributed by atoms with Gasteiger partial charge >= 0.3 is 5.97 Å². The van der Waals surface area contributed by atoms with Crippen molar-refractivity contribution in [2.75, 3.05) is 0 Å². The van der Waals surface area contributed by atoms with Crippen LogP contribution in [0.5, 0.6) is 0 Å². The first kappa shape index (κ1) is 11.3. The molecule has 4 heteroatoms. The van der Waals surface area contributed by atoms with Crippen LogP contribution < -0.4 is 0 Å². The summed E-state index contributed by atoms with van der Waals surface area (Å²) in [4.78, 5) is 19.6. The third-order valence-corrected chi connectivity index (χ3v) is 2.47. The number of carboxylic acids is 1. The smallest absolute Gasteiger partial charge is 0.336 e. The second kappa shape index (κ2) is 4.74. The molecule has 0 saturated heterocycles. The Labute approximate surface area is 99.0 Å². The molecule has 0 aliphatic heterocycles. The Balaban J connectivity index is 2.56. The summed E-state index contributed by atoms with van der Waals surface area (Å²) >= 11 is 0. The van der Waals surface area contributed by atoms with Gasteiger partial charge in [0, 0.05) is 17.5 Å². The summed E-state index contributed by atoms with van der Waals surface area (Å²) in [6.45, 7) is 2.00. The van der Waals surface area contributed by atoms with Crippen molar-refractivity contribution in [1.29, 1.82) is 0 Å². The first-order valence-corrected chi connectivity index (χ1v) is 5.37. The molecular weight excluding hydrogens is 216 g/mol. The number of aromatic carboxylic acids is 1. The number of rotatable bonds is 3. The zero-order valence-electron chi connectivity index (χ0n) is 9.42. The first-order valence-electron chi connectivity index (χ1n) is 5.37. The lowest BCUT2D eigenvalue weighted by atomic mass is 10.1. The molecule has 0 aliphatic rings. The van der Waals surface area contributed by atoms with Gasteiger partial charge in [-0.15, -0.1) is 0 Å². The van der Waals surface area contributed by atoms with Crippen LogP contribution in [-0.2, 0) is 6.42 Å². The molecule has 0 bridgehead atoms. The lowest BCUT2D eigenvalue weighted by molar-refractivity contribution is 0.0697. The summed E-state index contributed by atoms with van der Waals surface area (Å²) in [7, 11) is 0. The Kier molecular flexibility index (Phi) is 3.14. The maximum Gasteiger partial charge on any atom is 0.336 e. The molecule has 2 rings (SSSR count). The van der Waals surface area contributed by atoms with Gasteiger partial charge in [0.25, 0.3) is 0 Å². The number of hydrogen-bond donors (Lipinski definition) is 1. The fourth-order valence-electron chi connectivity index (χ4n) is 1.59. The molecule has 2 aromatic rings. The number of carbonyl (C=O) groups is 1. The number of nitrogens with zero attached hydrogens (tertiary/aromatic N) is 2. The van der Waals surface area contributed by atoms with Crippen LogP contribution in [0.15, 0.2) is 36.5 Å². The van der Waals surface area contributed by atoms with Gasteiger partial charge in [0.15, 0.2) is 5.82 Å². The van der Waals surface area contributed by atoms with E-state index in [-0.39, 0.29) is 5.56 Å². The van der Waals surface area contributed by atoms with Crippen molar-refractivity contribution < 1.29 is 9.90 Å². The Morgan fingerprint density at radius 2 is 2.06 bits per heavy atom. The minimum absolute atomic E-state index is 0.223. The fraction of sp³-hybridized carbons (Fsp3) is 0.154. The molecule has 0 unspecified atom stereocenters. The van der Waals surface area contributed by atoms with Crippen LogP contribution in [0.2, 0.25) is 0 Å². The number of benzene rings is 1. The van der Waals surface area contributed by atoms with Crippen LogP contribution in [-0.4, -0.2) is 21.0 Å². The summed E-state index contributed by atoms with van der Waals surface area (Å²) in [5.41, 5.74) is 1.67. The van der Waals surface area contributed by atoms with E-state index in [1.54, 1.807) is 30.5 Å². The van der Waals surface area contributed by atoms with Gasteiger partial charge in [0.2, 0.25) is 0 Å². The van der Waals surface area contributed by atoms with E-state index in [2.05, 4.69) is 9.97 Å². The van der Waals surface area contributed by atoms with E-state index in [0.29, 0.717) is 11.4 Å².